The first-order chi connectivity index (χ1) is 8.65. The van der Waals surface area contributed by atoms with Crippen molar-refractivity contribution >= 4 is 17.6 Å². The Kier molecular flexibility index (Phi) is 3.67. The average molecular weight is 266 g/mol. The minimum absolute atomic E-state index is 0.0195. The predicted octanol–water partition coefficient (Wildman–Crippen LogP) is 3.34. The summed E-state index contributed by atoms with van der Waals surface area (Å²) in [7, 11) is 0. The summed E-state index contributed by atoms with van der Waals surface area (Å²) in [5, 5.41) is 9.00. The molecule has 0 atom stereocenters. The van der Waals surface area contributed by atoms with Gasteiger partial charge in [-0.3, -0.25) is 0 Å². The fourth-order valence-corrected chi connectivity index (χ4v) is 1.80. The molecule has 1 aromatic carbocycles. The molecule has 0 radical (unpaired) electrons. The molecule has 2 rings (SSSR count). The first kappa shape index (κ1) is 12.6. The van der Waals surface area contributed by atoms with Crippen LogP contribution in [0.15, 0.2) is 28.7 Å². The summed E-state index contributed by atoms with van der Waals surface area (Å²) in [6.45, 7) is 1.83. The van der Waals surface area contributed by atoms with E-state index in [1.165, 1.54) is 0 Å². The van der Waals surface area contributed by atoms with E-state index in [9.17, 15) is 4.79 Å². The molecule has 4 nitrogen and oxygen atoms in total. The highest BCUT2D eigenvalue weighted by Gasteiger charge is 2.18. The van der Waals surface area contributed by atoms with Gasteiger partial charge < -0.3 is 9.52 Å². The number of hydrogen-bond donors (Lipinski definition) is 1. The summed E-state index contributed by atoms with van der Waals surface area (Å²) in [6.07, 6.45) is 0.494. The van der Waals surface area contributed by atoms with Crippen molar-refractivity contribution in [2.45, 2.75) is 19.2 Å². The van der Waals surface area contributed by atoms with E-state index >= 15 is 0 Å². The van der Waals surface area contributed by atoms with Crippen LogP contribution in [0.25, 0.3) is 11.5 Å². The number of nitrogens with zero attached hydrogens (tertiary/aromatic N) is 1. The highest BCUT2D eigenvalue weighted by atomic mass is 35.5. The largest absolute Gasteiger partial charge is 0.476 e. The molecule has 18 heavy (non-hydrogen) atoms. The molecule has 0 aliphatic carbocycles. The maximum Gasteiger partial charge on any atom is 0.358 e. The van der Waals surface area contributed by atoms with Gasteiger partial charge in [0.1, 0.15) is 5.76 Å². The lowest BCUT2D eigenvalue weighted by molar-refractivity contribution is 0.0689. The number of carboxylic acid groups (broad SMARTS) is 1. The summed E-state index contributed by atoms with van der Waals surface area (Å²) < 4.78 is 5.46. The van der Waals surface area contributed by atoms with E-state index in [0.717, 1.165) is 11.1 Å². The Morgan fingerprint density at radius 2 is 2.06 bits per heavy atom. The van der Waals surface area contributed by atoms with Crippen LogP contribution in [0.2, 0.25) is 0 Å². The fraction of sp³-hybridized carbons (Fsp3) is 0.231. The number of carbonyl (C=O) groups is 1. The number of benzene rings is 1. The Balaban J connectivity index is 2.40. The van der Waals surface area contributed by atoms with E-state index in [4.69, 9.17) is 21.1 Å². The standard InChI is InChI=1S/C13H12ClNO3/c1-2-10-11(13(16)17)15-12(18-10)9-5-3-8(7-14)4-6-9/h3-6H,2,7H2,1H3,(H,16,17). The van der Waals surface area contributed by atoms with Crippen LogP contribution < -0.4 is 0 Å². The molecule has 0 spiro atoms. The quantitative estimate of drug-likeness (QED) is 0.861. The molecule has 0 aliphatic rings. The molecule has 94 valence electrons. The van der Waals surface area contributed by atoms with Crippen molar-refractivity contribution < 1.29 is 14.3 Å². The number of halogens is 1. The monoisotopic (exact) mass is 265 g/mol. The minimum atomic E-state index is -1.07. The van der Waals surface area contributed by atoms with Crippen molar-refractivity contribution in [1.29, 1.82) is 0 Å². The van der Waals surface area contributed by atoms with E-state index in [-0.39, 0.29) is 5.69 Å². The van der Waals surface area contributed by atoms with E-state index < -0.39 is 5.97 Å². The molecule has 0 saturated carbocycles. The molecule has 0 unspecified atom stereocenters. The molecular weight excluding hydrogens is 254 g/mol. The van der Waals surface area contributed by atoms with Gasteiger partial charge in [-0.25, -0.2) is 9.78 Å². The molecular formula is C13H12ClNO3. The SMILES string of the molecule is CCc1oc(-c2ccc(CCl)cc2)nc1C(=O)O. The maximum atomic E-state index is 11.0. The maximum absolute atomic E-state index is 11.0. The number of carboxylic acids is 1. The normalized spacial score (nSPS) is 10.6. The highest BCUT2D eigenvalue weighted by molar-refractivity contribution is 6.17. The molecule has 0 saturated heterocycles. The van der Waals surface area contributed by atoms with E-state index in [1.807, 2.05) is 31.2 Å². The number of aromatic nitrogens is 1. The van der Waals surface area contributed by atoms with Crippen molar-refractivity contribution in [1.82, 2.24) is 4.98 Å². The molecule has 0 fully saturated rings. The molecule has 2 aromatic rings. The fourth-order valence-electron chi connectivity index (χ4n) is 1.62. The Morgan fingerprint density at radius 1 is 1.39 bits per heavy atom. The van der Waals surface area contributed by atoms with Crippen molar-refractivity contribution in [2.24, 2.45) is 0 Å². The highest BCUT2D eigenvalue weighted by Crippen LogP contribution is 2.23. The lowest BCUT2D eigenvalue weighted by Gasteiger charge is -1.97. The third-order valence-corrected chi connectivity index (χ3v) is 2.88. The van der Waals surface area contributed by atoms with Gasteiger partial charge in [-0.1, -0.05) is 19.1 Å². The van der Waals surface area contributed by atoms with Gasteiger partial charge in [-0.2, -0.15) is 0 Å². The van der Waals surface area contributed by atoms with Gasteiger partial charge in [0.05, 0.1) is 0 Å². The molecule has 1 N–H and O–H groups in total. The molecule has 1 aromatic heterocycles. The van der Waals surface area contributed by atoms with Gasteiger partial charge in [-0.05, 0) is 17.7 Å². The van der Waals surface area contributed by atoms with Gasteiger partial charge in [0.2, 0.25) is 5.89 Å². The number of hydrogen-bond acceptors (Lipinski definition) is 3. The first-order valence-electron chi connectivity index (χ1n) is 5.54. The van der Waals surface area contributed by atoms with Gasteiger partial charge >= 0.3 is 5.97 Å². The molecule has 0 aliphatic heterocycles. The van der Waals surface area contributed by atoms with Crippen molar-refractivity contribution in [3.05, 3.63) is 41.3 Å². The third-order valence-electron chi connectivity index (χ3n) is 2.58. The van der Waals surface area contributed by atoms with Crippen LogP contribution in [0.4, 0.5) is 0 Å². The number of oxazole rings is 1. The van der Waals surface area contributed by atoms with Gasteiger partial charge in [0, 0.05) is 17.9 Å². The number of rotatable bonds is 4. The van der Waals surface area contributed by atoms with E-state index in [2.05, 4.69) is 4.98 Å². The number of alkyl halides is 1. The minimum Gasteiger partial charge on any atom is -0.476 e. The topological polar surface area (TPSA) is 63.3 Å². The summed E-state index contributed by atoms with van der Waals surface area (Å²) in [5.41, 5.74) is 1.71. The van der Waals surface area contributed by atoms with Crippen LogP contribution >= 0.6 is 11.6 Å². The van der Waals surface area contributed by atoms with Crippen molar-refractivity contribution in [3.8, 4) is 11.5 Å². The summed E-state index contributed by atoms with van der Waals surface area (Å²) in [4.78, 5) is 15.0. The van der Waals surface area contributed by atoms with Crippen molar-refractivity contribution in [3.63, 3.8) is 0 Å². The second-order valence-corrected chi connectivity index (χ2v) is 4.05. The number of aryl methyl sites for hydroxylation is 1. The van der Waals surface area contributed by atoms with E-state index in [0.29, 0.717) is 24.0 Å². The van der Waals surface area contributed by atoms with Crippen LogP contribution in [-0.4, -0.2) is 16.1 Å². The zero-order chi connectivity index (χ0) is 13.1. The summed E-state index contributed by atoms with van der Waals surface area (Å²) in [5.74, 6) is 0.0791. The smallest absolute Gasteiger partial charge is 0.358 e. The Bertz CT molecular complexity index is 560. The molecule has 0 bridgehead atoms. The van der Waals surface area contributed by atoms with Crippen LogP contribution in [0.5, 0.6) is 0 Å². The zero-order valence-electron chi connectivity index (χ0n) is 9.81. The van der Waals surface area contributed by atoms with Crippen LogP contribution in [-0.2, 0) is 12.3 Å². The summed E-state index contributed by atoms with van der Waals surface area (Å²) >= 11 is 5.70. The predicted molar refractivity (Wildman–Crippen MR) is 67.8 cm³/mol. The second-order valence-electron chi connectivity index (χ2n) is 3.78. The number of aromatic carboxylic acids is 1. The molecule has 5 heteroatoms. The van der Waals surface area contributed by atoms with Gasteiger partial charge in [-0.15, -0.1) is 11.6 Å². The average Bonchev–Trinajstić information content (AvgIpc) is 2.83. The second kappa shape index (κ2) is 5.23. The first-order valence-corrected chi connectivity index (χ1v) is 6.07. The van der Waals surface area contributed by atoms with Crippen LogP contribution in [0.1, 0.15) is 28.7 Å². The Hall–Kier alpha value is -1.81. The lowest BCUT2D eigenvalue weighted by atomic mass is 10.1. The van der Waals surface area contributed by atoms with Crippen LogP contribution in [0, 0.1) is 0 Å². The van der Waals surface area contributed by atoms with Crippen LogP contribution in [0.3, 0.4) is 0 Å². The zero-order valence-corrected chi connectivity index (χ0v) is 10.6. The van der Waals surface area contributed by atoms with E-state index in [1.54, 1.807) is 0 Å². The Labute approximate surface area is 109 Å². The molecule has 1 heterocycles. The Morgan fingerprint density at radius 3 is 2.50 bits per heavy atom. The summed E-state index contributed by atoms with van der Waals surface area (Å²) in [6, 6.07) is 7.35. The third kappa shape index (κ3) is 2.38. The lowest BCUT2D eigenvalue weighted by Crippen LogP contribution is -2.00. The van der Waals surface area contributed by atoms with Gasteiger partial charge in [0.25, 0.3) is 0 Å². The van der Waals surface area contributed by atoms with Gasteiger partial charge in [0.15, 0.2) is 5.69 Å². The molecule has 0 amide bonds. The van der Waals surface area contributed by atoms with Crippen molar-refractivity contribution in [2.75, 3.05) is 0 Å².